The molecule has 1 aliphatic rings. The van der Waals surface area contributed by atoms with Crippen LogP contribution in [0, 0.1) is 5.92 Å². The normalized spacial score (nSPS) is 19.8. The summed E-state index contributed by atoms with van der Waals surface area (Å²) in [6, 6.07) is 7.80. The first kappa shape index (κ1) is 12.2. The fourth-order valence-electron chi connectivity index (χ4n) is 2.06. The average Bonchev–Trinajstić information content (AvgIpc) is 2.71. The summed E-state index contributed by atoms with van der Waals surface area (Å²) >= 11 is 5.79. The lowest BCUT2D eigenvalue weighted by Crippen LogP contribution is -2.24. The molecule has 0 N–H and O–H groups in total. The largest absolute Gasteiger partial charge is 0.497 e. The van der Waals surface area contributed by atoms with Crippen molar-refractivity contribution in [2.75, 3.05) is 19.5 Å². The highest BCUT2D eigenvalue weighted by Gasteiger charge is 2.28. The Morgan fingerprint density at radius 1 is 1.41 bits per heavy atom. The Bertz CT molecular complexity index is 391. The van der Waals surface area contributed by atoms with Crippen molar-refractivity contribution in [2.45, 2.75) is 13.0 Å². The molecule has 92 valence electrons. The highest BCUT2D eigenvalue weighted by Crippen LogP contribution is 2.21. The molecule has 2 rings (SSSR count). The molecular weight excluding hydrogens is 238 g/mol. The minimum Gasteiger partial charge on any atom is -0.497 e. The minimum atomic E-state index is 0.200. The van der Waals surface area contributed by atoms with Gasteiger partial charge in [-0.1, -0.05) is 12.1 Å². The van der Waals surface area contributed by atoms with Crippen LogP contribution >= 0.6 is 11.6 Å². The van der Waals surface area contributed by atoms with E-state index in [1.54, 1.807) is 7.11 Å². The Kier molecular flexibility index (Phi) is 3.89. The topological polar surface area (TPSA) is 29.5 Å². The average molecular weight is 254 g/mol. The minimum absolute atomic E-state index is 0.200. The van der Waals surface area contributed by atoms with E-state index < -0.39 is 0 Å². The molecule has 0 saturated carbocycles. The number of ether oxygens (including phenoxy) is 1. The van der Waals surface area contributed by atoms with Crippen LogP contribution in [-0.2, 0) is 11.3 Å². The van der Waals surface area contributed by atoms with E-state index in [0.717, 1.165) is 17.9 Å². The van der Waals surface area contributed by atoms with Crippen molar-refractivity contribution >= 4 is 17.5 Å². The summed E-state index contributed by atoms with van der Waals surface area (Å²) < 4.78 is 5.10. The van der Waals surface area contributed by atoms with Crippen molar-refractivity contribution in [3.05, 3.63) is 29.8 Å². The van der Waals surface area contributed by atoms with Gasteiger partial charge >= 0.3 is 0 Å². The van der Waals surface area contributed by atoms with Gasteiger partial charge in [0.05, 0.1) is 7.11 Å². The number of halogens is 1. The molecule has 1 unspecified atom stereocenters. The van der Waals surface area contributed by atoms with E-state index in [0.29, 0.717) is 24.8 Å². The monoisotopic (exact) mass is 253 g/mol. The second-order valence-corrected chi connectivity index (χ2v) is 4.66. The van der Waals surface area contributed by atoms with Crippen molar-refractivity contribution in [3.63, 3.8) is 0 Å². The number of hydrogen-bond acceptors (Lipinski definition) is 2. The van der Waals surface area contributed by atoms with Crippen LogP contribution in [0.2, 0.25) is 0 Å². The van der Waals surface area contributed by atoms with Crippen LogP contribution in [0.15, 0.2) is 24.3 Å². The number of carbonyl (C=O) groups is 1. The Morgan fingerprint density at radius 2 is 2.12 bits per heavy atom. The number of rotatable bonds is 4. The number of carbonyl (C=O) groups excluding carboxylic acids is 1. The van der Waals surface area contributed by atoms with E-state index in [2.05, 4.69) is 0 Å². The first-order valence-corrected chi connectivity index (χ1v) is 6.23. The van der Waals surface area contributed by atoms with Gasteiger partial charge in [-0.3, -0.25) is 4.79 Å². The molecule has 0 aliphatic carbocycles. The standard InChI is InChI=1S/C13H16ClNO2/c1-17-12-4-2-10(3-5-12)8-15-9-11(7-14)6-13(15)16/h2-5,11H,6-9H2,1H3. The van der Waals surface area contributed by atoms with Crippen LogP contribution < -0.4 is 4.74 Å². The van der Waals surface area contributed by atoms with Gasteiger partial charge in [-0.05, 0) is 23.6 Å². The molecule has 1 aromatic rings. The lowest BCUT2D eigenvalue weighted by Gasteiger charge is -2.16. The third kappa shape index (κ3) is 2.91. The van der Waals surface area contributed by atoms with E-state index in [1.165, 1.54) is 0 Å². The molecule has 0 bridgehead atoms. The molecule has 1 amide bonds. The maximum atomic E-state index is 11.7. The number of benzene rings is 1. The van der Waals surface area contributed by atoms with Crippen LogP contribution in [-0.4, -0.2) is 30.3 Å². The molecule has 0 spiro atoms. The summed E-state index contributed by atoms with van der Waals surface area (Å²) in [5.41, 5.74) is 1.12. The van der Waals surface area contributed by atoms with Gasteiger partial charge < -0.3 is 9.64 Å². The third-order valence-electron chi connectivity index (χ3n) is 3.05. The van der Waals surface area contributed by atoms with Gasteiger partial charge in [0.25, 0.3) is 0 Å². The highest BCUT2D eigenvalue weighted by atomic mass is 35.5. The zero-order valence-corrected chi connectivity index (χ0v) is 10.6. The maximum Gasteiger partial charge on any atom is 0.223 e. The SMILES string of the molecule is COc1ccc(CN2CC(CCl)CC2=O)cc1. The fourth-order valence-corrected chi connectivity index (χ4v) is 2.27. The van der Waals surface area contributed by atoms with E-state index in [9.17, 15) is 4.79 Å². The zero-order chi connectivity index (χ0) is 12.3. The molecule has 1 aliphatic heterocycles. The molecule has 1 heterocycles. The van der Waals surface area contributed by atoms with Gasteiger partial charge in [0.2, 0.25) is 5.91 Å². The second-order valence-electron chi connectivity index (χ2n) is 4.35. The van der Waals surface area contributed by atoms with Gasteiger partial charge in [0.1, 0.15) is 5.75 Å². The maximum absolute atomic E-state index is 11.7. The lowest BCUT2D eigenvalue weighted by molar-refractivity contribution is -0.128. The number of methoxy groups -OCH3 is 1. The van der Waals surface area contributed by atoms with Crippen molar-refractivity contribution in [1.29, 1.82) is 0 Å². The van der Waals surface area contributed by atoms with Crippen molar-refractivity contribution < 1.29 is 9.53 Å². The van der Waals surface area contributed by atoms with Gasteiger partial charge in [0, 0.05) is 25.4 Å². The summed E-state index contributed by atoms with van der Waals surface area (Å²) in [6.45, 7) is 1.44. The van der Waals surface area contributed by atoms with Crippen LogP contribution in [0.1, 0.15) is 12.0 Å². The van der Waals surface area contributed by atoms with Crippen LogP contribution in [0.5, 0.6) is 5.75 Å². The number of nitrogens with zero attached hydrogens (tertiary/aromatic N) is 1. The van der Waals surface area contributed by atoms with Crippen LogP contribution in [0.25, 0.3) is 0 Å². The summed E-state index contributed by atoms with van der Waals surface area (Å²) in [5, 5.41) is 0. The van der Waals surface area contributed by atoms with E-state index in [1.807, 2.05) is 29.2 Å². The Hall–Kier alpha value is -1.22. The molecule has 0 aromatic heterocycles. The number of amides is 1. The first-order chi connectivity index (χ1) is 8.22. The quantitative estimate of drug-likeness (QED) is 0.771. The number of alkyl halides is 1. The van der Waals surface area contributed by atoms with Crippen molar-refractivity contribution in [3.8, 4) is 5.75 Å². The Labute approximate surface area is 106 Å². The predicted octanol–water partition coefficient (Wildman–Crippen LogP) is 2.28. The van der Waals surface area contributed by atoms with Crippen molar-refractivity contribution in [1.82, 2.24) is 4.90 Å². The molecule has 1 aromatic carbocycles. The molecule has 3 nitrogen and oxygen atoms in total. The molecule has 17 heavy (non-hydrogen) atoms. The molecule has 4 heteroatoms. The second kappa shape index (κ2) is 5.41. The van der Waals surface area contributed by atoms with E-state index in [-0.39, 0.29) is 5.91 Å². The zero-order valence-electron chi connectivity index (χ0n) is 9.86. The van der Waals surface area contributed by atoms with Crippen molar-refractivity contribution in [2.24, 2.45) is 5.92 Å². The van der Waals surface area contributed by atoms with Gasteiger partial charge in [-0.15, -0.1) is 11.6 Å². The van der Waals surface area contributed by atoms with E-state index >= 15 is 0 Å². The van der Waals surface area contributed by atoms with Crippen LogP contribution in [0.4, 0.5) is 0 Å². The summed E-state index contributed by atoms with van der Waals surface area (Å²) in [7, 11) is 1.64. The smallest absolute Gasteiger partial charge is 0.223 e. The lowest BCUT2D eigenvalue weighted by atomic mass is 10.1. The fraction of sp³-hybridized carbons (Fsp3) is 0.462. The molecular formula is C13H16ClNO2. The van der Waals surface area contributed by atoms with Gasteiger partial charge in [0.15, 0.2) is 0 Å². The molecule has 0 radical (unpaired) electrons. The van der Waals surface area contributed by atoms with Gasteiger partial charge in [-0.2, -0.15) is 0 Å². The molecule has 1 fully saturated rings. The van der Waals surface area contributed by atoms with Gasteiger partial charge in [-0.25, -0.2) is 0 Å². The first-order valence-electron chi connectivity index (χ1n) is 5.69. The third-order valence-corrected chi connectivity index (χ3v) is 3.48. The number of likely N-dealkylation sites (tertiary alicyclic amines) is 1. The molecule has 1 atom stereocenters. The summed E-state index contributed by atoms with van der Waals surface area (Å²) in [5.74, 6) is 1.90. The summed E-state index contributed by atoms with van der Waals surface area (Å²) in [6.07, 6.45) is 0.583. The molecule has 1 saturated heterocycles. The highest BCUT2D eigenvalue weighted by molar-refractivity contribution is 6.18. The van der Waals surface area contributed by atoms with E-state index in [4.69, 9.17) is 16.3 Å². The predicted molar refractivity (Wildman–Crippen MR) is 67.2 cm³/mol. The van der Waals surface area contributed by atoms with Crippen LogP contribution in [0.3, 0.4) is 0 Å². The Balaban J connectivity index is 1.98. The Morgan fingerprint density at radius 3 is 2.65 bits per heavy atom. The summed E-state index contributed by atoms with van der Waals surface area (Å²) in [4.78, 5) is 13.6. The number of hydrogen-bond donors (Lipinski definition) is 0.